The van der Waals surface area contributed by atoms with Gasteiger partial charge in [0.2, 0.25) is 0 Å². The molecule has 2 atom stereocenters. The number of carbonyl (C=O) groups excluding carboxylic acids is 1. The number of allylic oxidation sites excluding steroid dienone is 4. The number of hydrogen-bond acceptors (Lipinski definition) is 5. The van der Waals surface area contributed by atoms with Gasteiger partial charge in [-0.25, -0.2) is 0 Å². The highest BCUT2D eigenvalue weighted by Gasteiger charge is 2.38. The van der Waals surface area contributed by atoms with E-state index in [1.54, 1.807) is 60.7 Å². The summed E-state index contributed by atoms with van der Waals surface area (Å²) in [7, 11) is -4.21. The van der Waals surface area contributed by atoms with E-state index < -0.39 is 39.4 Å². The Labute approximate surface area is 288 Å². The molecule has 1 aliphatic carbocycles. The normalized spacial score (nSPS) is 16.1. The minimum Gasteiger partial charge on any atom is -0.360 e. The predicted octanol–water partition coefficient (Wildman–Crippen LogP) is 8.68. The van der Waals surface area contributed by atoms with Gasteiger partial charge in [0, 0.05) is 40.6 Å². The number of aromatic nitrogens is 1. The molecule has 0 saturated carbocycles. The standard InChI is InChI=1S/C37H36ClF3N2O5S/c1-36(2,3)29-12-8-25(9-13-29)32(18-23-4-6-26(7-5-23)35(44)42-16-17-49(45,46)47)33-22-34(48-43-33)28-19-27(20-30(21-28)37(39,40)41)24-10-14-31(38)15-11-24/h4-15,19-20,22,28,32H,16-18,21H2,1-3H3,(H,42,44)(H,45,46,47). The van der Waals surface area contributed by atoms with Crippen molar-refractivity contribution in [3.8, 4) is 0 Å². The molecule has 0 bridgehead atoms. The molecule has 2 N–H and O–H groups in total. The van der Waals surface area contributed by atoms with Crippen LogP contribution in [0.5, 0.6) is 0 Å². The third-order valence-electron chi connectivity index (χ3n) is 8.44. The highest BCUT2D eigenvalue weighted by Crippen LogP contribution is 2.42. The van der Waals surface area contributed by atoms with Gasteiger partial charge < -0.3 is 9.84 Å². The summed E-state index contributed by atoms with van der Waals surface area (Å²) in [5.41, 5.74) is 4.04. The molecule has 4 aromatic rings. The molecule has 258 valence electrons. The first-order valence-corrected chi connectivity index (χ1v) is 17.6. The van der Waals surface area contributed by atoms with Crippen LogP contribution in [0.3, 0.4) is 0 Å². The fourth-order valence-corrected chi connectivity index (χ4v) is 6.17. The number of carbonyl (C=O) groups is 1. The Bertz CT molecular complexity index is 1960. The van der Waals surface area contributed by atoms with E-state index in [1.807, 2.05) is 24.3 Å². The maximum atomic E-state index is 14.1. The van der Waals surface area contributed by atoms with Crippen LogP contribution in [0.1, 0.15) is 83.1 Å². The first-order chi connectivity index (χ1) is 23.0. The Morgan fingerprint density at radius 2 is 1.67 bits per heavy atom. The highest BCUT2D eigenvalue weighted by atomic mass is 35.5. The number of nitrogens with one attached hydrogen (secondary N) is 1. The first-order valence-electron chi connectivity index (χ1n) is 15.6. The molecule has 7 nitrogen and oxygen atoms in total. The van der Waals surface area contributed by atoms with Crippen LogP contribution in [0.15, 0.2) is 101 Å². The molecule has 1 aliphatic rings. The Morgan fingerprint density at radius 1 is 1.02 bits per heavy atom. The number of hydrogen-bond donors (Lipinski definition) is 2. The summed E-state index contributed by atoms with van der Waals surface area (Å²) in [6, 6.07) is 23.2. The van der Waals surface area contributed by atoms with Crippen LogP contribution < -0.4 is 5.32 Å². The van der Waals surface area contributed by atoms with Crippen LogP contribution in [0, 0.1) is 0 Å². The number of alkyl halides is 3. The summed E-state index contributed by atoms with van der Waals surface area (Å²) >= 11 is 6.02. The smallest absolute Gasteiger partial charge is 0.360 e. The lowest BCUT2D eigenvalue weighted by Crippen LogP contribution is -2.28. The second kappa shape index (κ2) is 14.3. The van der Waals surface area contributed by atoms with Gasteiger partial charge in [0.15, 0.2) is 0 Å². The van der Waals surface area contributed by atoms with E-state index in [0.717, 1.165) is 22.8 Å². The van der Waals surface area contributed by atoms with Crippen LogP contribution in [0.2, 0.25) is 5.02 Å². The van der Waals surface area contributed by atoms with Gasteiger partial charge >= 0.3 is 6.18 Å². The third kappa shape index (κ3) is 9.49. The van der Waals surface area contributed by atoms with Gasteiger partial charge in [-0.15, -0.1) is 0 Å². The van der Waals surface area contributed by atoms with E-state index in [4.69, 9.17) is 20.7 Å². The Balaban J connectivity index is 1.44. The summed E-state index contributed by atoms with van der Waals surface area (Å²) in [6.45, 7) is 6.11. The maximum absolute atomic E-state index is 14.1. The summed E-state index contributed by atoms with van der Waals surface area (Å²) < 4.78 is 78.8. The van der Waals surface area contributed by atoms with Crippen LogP contribution in [0.25, 0.3) is 5.57 Å². The Kier molecular flexibility index (Phi) is 10.6. The Morgan fingerprint density at radius 3 is 2.27 bits per heavy atom. The molecule has 3 aromatic carbocycles. The van der Waals surface area contributed by atoms with Crippen molar-refractivity contribution in [2.24, 2.45) is 0 Å². The topological polar surface area (TPSA) is 110 Å². The van der Waals surface area contributed by atoms with Gasteiger partial charge in [0.05, 0.1) is 11.4 Å². The van der Waals surface area contributed by atoms with E-state index in [9.17, 15) is 26.4 Å². The average Bonchev–Trinajstić information content (AvgIpc) is 3.53. The maximum Gasteiger partial charge on any atom is 0.412 e. The fraction of sp³-hybridized carbons (Fsp3) is 0.297. The lowest BCUT2D eigenvalue weighted by Gasteiger charge is -2.22. The third-order valence-corrected chi connectivity index (χ3v) is 9.41. The predicted molar refractivity (Wildman–Crippen MR) is 183 cm³/mol. The van der Waals surface area contributed by atoms with Gasteiger partial charge in [0.25, 0.3) is 16.0 Å². The molecule has 12 heteroatoms. The lowest BCUT2D eigenvalue weighted by atomic mass is 9.83. The molecule has 0 aliphatic heterocycles. The molecular weight excluding hydrogens is 677 g/mol. The van der Waals surface area contributed by atoms with Crippen molar-refractivity contribution in [3.05, 3.63) is 141 Å². The summed E-state index contributed by atoms with van der Waals surface area (Å²) in [4.78, 5) is 12.5. The second-order valence-corrected chi connectivity index (χ2v) is 15.1. The van der Waals surface area contributed by atoms with Crippen molar-refractivity contribution in [1.29, 1.82) is 0 Å². The van der Waals surface area contributed by atoms with E-state index in [-0.39, 0.29) is 24.3 Å². The second-order valence-electron chi connectivity index (χ2n) is 13.1. The molecule has 1 amide bonds. The zero-order valence-electron chi connectivity index (χ0n) is 27.1. The highest BCUT2D eigenvalue weighted by molar-refractivity contribution is 7.85. The lowest BCUT2D eigenvalue weighted by molar-refractivity contribution is -0.0944. The average molecular weight is 713 g/mol. The van der Waals surface area contributed by atoms with Gasteiger partial charge in [-0.3, -0.25) is 9.35 Å². The molecular formula is C37H36ClF3N2O5S. The van der Waals surface area contributed by atoms with Crippen molar-refractivity contribution in [3.63, 3.8) is 0 Å². The molecule has 0 saturated heterocycles. The van der Waals surface area contributed by atoms with Crippen LogP contribution in [-0.4, -0.2) is 42.5 Å². The minimum absolute atomic E-state index is 0.0777. The molecule has 5 rings (SSSR count). The van der Waals surface area contributed by atoms with Crippen molar-refractivity contribution < 1.29 is 35.5 Å². The summed E-state index contributed by atoms with van der Waals surface area (Å²) in [5.74, 6) is -1.82. The van der Waals surface area contributed by atoms with Gasteiger partial charge in [-0.2, -0.15) is 21.6 Å². The van der Waals surface area contributed by atoms with Gasteiger partial charge in [-0.1, -0.05) is 92.1 Å². The van der Waals surface area contributed by atoms with E-state index in [2.05, 4.69) is 31.2 Å². The number of benzene rings is 3. The largest absolute Gasteiger partial charge is 0.412 e. The van der Waals surface area contributed by atoms with Gasteiger partial charge in [0.1, 0.15) is 5.76 Å². The molecule has 0 spiro atoms. The van der Waals surface area contributed by atoms with E-state index >= 15 is 0 Å². The molecule has 2 unspecified atom stereocenters. The zero-order chi connectivity index (χ0) is 35.6. The fourth-order valence-electron chi connectivity index (χ4n) is 5.68. The summed E-state index contributed by atoms with van der Waals surface area (Å²) in [6.07, 6.45) is -1.46. The minimum atomic E-state index is -4.52. The quantitative estimate of drug-likeness (QED) is 0.159. The zero-order valence-corrected chi connectivity index (χ0v) is 28.7. The number of rotatable bonds is 10. The molecule has 0 radical (unpaired) electrons. The number of halogens is 4. The first kappa shape index (κ1) is 36.1. The summed E-state index contributed by atoms with van der Waals surface area (Å²) in [5, 5.41) is 7.32. The van der Waals surface area contributed by atoms with Crippen molar-refractivity contribution in [2.45, 2.75) is 57.0 Å². The van der Waals surface area contributed by atoms with Crippen molar-refractivity contribution >= 4 is 33.2 Å². The number of amides is 1. The van der Waals surface area contributed by atoms with Crippen LogP contribution in [-0.2, 0) is 22.0 Å². The van der Waals surface area contributed by atoms with Crippen molar-refractivity contribution in [1.82, 2.24) is 10.5 Å². The SMILES string of the molecule is CC(C)(C)c1ccc(C(Cc2ccc(C(=O)NCCS(=O)(=O)O)cc2)c2cc(C3C=C(c4ccc(Cl)cc4)C=C(C(F)(F)F)C3)on2)cc1. The van der Waals surface area contributed by atoms with E-state index in [0.29, 0.717) is 39.6 Å². The van der Waals surface area contributed by atoms with Gasteiger partial charge in [-0.05, 0) is 76.4 Å². The van der Waals surface area contributed by atoms with Crippen LogP contribution >= 0.6 is 11.6 Å². The Hall–Kier alpha value is -4.19. The molecule has 0 fully saturated rings. The molecule has 1 heterocycles. The van der Waals surface area contributed by atoms with E-state index in [1.165, 1.54) is 0 Å². The van der Waals surface area contributed by atoms with Crippen LogP contribution in [0.4, 0.5) is 13.2 Å². The number of nitrogens with zero attached hydrogens (tertiary/aromatic N) is 1. The molecule has 49 heavy (non-hydrogen) atoms. The monoisotopic (exact) mass is 712 g/mol. The van der Waals surface area contributed by atoms with Crippen molar-refractivity contribution in [2.75, 3.05) is 12.3 Å². The molecule has 1 aromatic heterocycles.